The number of anilines is 1. The van der Waals surface area contributed by atoms with Crippen molar-refractivity contribution in [1.29, 1.82) is 0 Å². The van der Waals surface area contributed by atoms with Crippen molar-refractivity contribution in [3.63, 3.8) is 0 Å². The quantitative estimate of drug-likeness (QED) is 0.773. The Hall–Kier alpha value is -1.56. The van der Waals surface area contributed by atoms with E-state index in [9.17, 15) is 0 Å². The van der Waals surface area contributed by atoms with Gasteiger partial charge in [0.25, 0.3) is 0 Å². The van der Waals surface area contributed by atoms with Crippen LogP contribution in [-0.2, 0) is 0 Å². The van der Waals surface area contributed by atoms with Crippen LogP contribution < -0.4 is 14.8 Å². The first-order valence-corrected chi connectivity index (χ1v) is 5.13. The molecular weight excluding hydrogens is 210 g/mol. The molecule has 0 radical (unpaired) electrons. The largest absolute Gasteiger partial charge is 0.481 e. The Morgan fingerprint density at radius 2 is 1.81 bits per heavy atom. The van der Waals surface area contributed by atoms with Crippen LogP contribution in [0.1, 0.15) is 12.8 Å². The normalized spacial score (nSPS) is 23.4. The standard InChI is InChI=1S/C10H15N3O3/c1-15-8-5-9(16-2)13-10(12-8)11-6-3-7(14)4-6/h5-7,14H,3-4H2,1-2H3,(H,11,12,13). The van der Waals surface area contributed by atoms with Crippen LogP contribution >= 0.6 is 0 Å². The SMILES string of the molecule is COc1cc(OC)nc(NC2CC(O)C2)n1. The fraction of sp³-hybridized carbons (Fsp3) is 0.600. The summed E-state index contributed by atoms with van der Waals surface area (Å²) in [6, 6.07) is 1.84. The summed E-state index contributed by atoms with van der Waals surface area (Å²) in [5, 5.41) is 12.3. The summed E-state index contributed by atoms with van der Waals surface area (Å²) >= 11 is 0. The van der Waals surface area contributed by atoms with Gasteiger partial charge in [-0.05, 0) is 12.8 Å². The van der Waals surface area contributed by atoms with Gasteiger partial charge in [-0.15, -0.1) is 0 Å². The third kappa shape index (κ3) is 2.33. The number of aliphatic hydroxyl groups excluding tert-OH is 1. The predicted octanol–water partition coefficient (Wildman–Crippen LogP) is 0.429. The molecule has 6 nitrogen and oxygen atoms in total. The molecule has 1 aromatic rings. The Balaban J connectivity index is 2.07. The van der Waals surface area contributed by atoms with Crippen molar-refractivity contribution in [2.75, 3.05) is 19.5 Å². The van der Waals surface area contributed by atoms with Crippen molar-refractivity contribution in [1.82, 2.24) is 9.97 Å². The maximum atomic E-state index is 9.17. The molecule has 1 aromatic heterocycles. The lowest BCUT2D eigenvalue weighted by molar-refractivity contribution is 0.0834. The fourth-order valence-electron chi connectivity index (χ4n) is 1.57. The maximum Gasteiger partial charge on any atom is 0.229 e. The van der Waals surface area contributed by atoms with Gasteiger partial charge in [-0.1, -0.05) is 0 Å². The van der Waals surface area contributed by atoms with Crippen LogP contribution in [0.4, 0.5) is 5.95 Å². The highest BCUT2D eigenvalue weighted by atomic mass is 16.5. The number of methoxy groups -OCH3 is 2. The zero-order valence-corrected chi connectivity index (χ0v) is 9.30. The fourth-order valence-corrected chi connectivity index (χ4v) is 1.57. The zero-order chi connectivity index (χ0) is 11.5. The number of aromatic nitrogens is 2. The van der Waals surface area contributed by atoms with Crippen molar-refractivity contribution < 1.29 is 14.6 Å². The summed E-state index contributed by atoms with van der Waals surface area (Å²) in [7, 11) is 3.08. The van der Waals surface area contributed by atoms with Crippen LogP contribution in [0.25, 0.3) is 0 Å². The van der Waals surface area contributed by atoms with E-state index in [1.807, 2.05) is 0 Å². The molecule has 0 aromatic carbocycles. The van der Waals surface area contributed by atoms with Gasteiger partial charge in [0, 0.05) is 6.04 Å². The minimum Gasteiger partial charge on any atom is -0.481 e. The third-order valence-corrected chi connectivity index (χ3v) is 2.54. The van der Waals surface area contributed by atoms with E-state index in [-0.39, 0.29) is 12.1 Å². The summed E-state index contributed by atoms with van der Waals surface area (Å²) in [6.45, 7) is 0. The van der Waals surface area contributed by atoms with Crippen LogP contribution in [0.2, 0.25) is 0 Å². The van der Waals surface area contributed by atoms with Crippen molar-refractivity contribution in [2.24, 2.45) is 0 Å². The van der Waals surface area contributed by atoms with Gasteiger partial charge in [-0.3, -0.25) is 0 Å². The number of ether oxygens (including phenoxy) is 2. The average molecular weight is 225 g/mol. The second kappa shape index (κ2) is 4.52. The molecule has 16 heavy (non-hydrogen) atoms. The van der Waals surface area contributed by atoms with Gasteiger partial charge >= 0.3 is 0 Å². The van der Waals surface area contributed by atoms with Crippen molar-refractivity contribution in [3.8, 4) is 11.8 Å². The van der Waals surface area contributed by atoms with Gasteiger partial charge < -0.3 is 19.9 Å². The number of hydrogen-bond donors (Lipinski definition) is 2. The molecule has 88 valence electrons. The summed E-state index contributed by atoms with van der Waals surface area (Å²) in [5.74, 6) is 1.37. The van der Waals surface area contributed by atoms with E-state index in [1.54, 1.807) is 20.3 Å². The van der Waals surface area contributed by atoms with Gasteiger partial charge in [0.2, 0.25) is 17.7 Å². The minimum atomic E-state index is -0.204. The molecule has 1 aliphatic rings. The monoisotopic (exact) mass is 225 g/mol. The topological polar surface area (TPSA) is 76.5 Å². The molecule has 0 aliphatic heterocycles. The first kappa shape index (κ1) is 10.9. The van der Waals surface area contributed by atoms with Gasteiger partial charge in [0.15, 0.2) is 0 Å². The molecule has 0 saturated heterocycles. The minimum absolute atomic E-state index is 0.204. The van der Waals surface area contributed by atoms with Crippen LogP contribution in [0.3, 0.4) is 0 Å². The van der Waals surface area contributed by atoms with Gasteiger partial charge in [-0.2, -0.15) is 9.97 Å². The van der Waals surface area contributed by atoms with Crippen LogP contribution in [0.5, 0.6) is 11.8 Å². The van der Waals surface area contributed by atoms with E-state index in [4.69, 9.17) is 14.6 Å². The second-order valence-corrected chi connectivity index (χ2v) is 3.74. The predicted molar refractivity (Wildman–Crippen MR) is 57.8 cm³/mol. The lowest BCUT2D eigenvalue weighted by Gasteiger charge is -2.31. The zero-order valence-electron chi connectivity index (χ0n) is 9.30. The molecule has 0 unspecified atom stereocenters. The molecule has 0 spiro atoms. The number of rotatable bonds is 4. The third-order valence-electron chi connectivity index (χ3n) is 2.54. The number of aliphatic hydroxyl groups is 1. The molecule has 1 saturated carbocycles. The molecule has 1 heterocycles. The molecule has 6 heteroatoms. The Morgan fingerprint density at radius 1 is 1.25 bits per heavy atom. The molecular formula is C10H15N3O3. The average Bonchev–Trinajstić information content (AvgIpc) is 2.26. The molecule has 0 amide bonds. The van der Waals surface area contributed by atoms with Gasteiger partial charge in [0.1, 0.15) is 0 Å². The van der Waals surface area contributed by atoms with E-state index < -0.39 is 0 Å². The van der Waals surface area contributed by atoms with E-state index in [0.717, 1.165) is 12.8 Å². The van der Waals surface area contributed by atoms with E-state index in [1.165, 1.54) is 0 Å². The summed E-state index contributed by atoms with van der Waals surface area (Å²) in [5.41, 5.74) is 0. The number of nitrogens with zero attached hydrogens (tertiary/aromatic N) is 2. The molecule has 0 atom stereocenters. The molecule has 2 N–H and O–H groups in total. The number of hydrogen-bond acceptors (Lipinski definition) is 6. The molecule has 2 rings (SSSR count). The van der Waals surface area contributed by atoms with Crippen LogP contribution in [-0.4, -0.2) is 41.4 Å². The van der Waals surface area contributed by atoms with E-state index >= 15 is 0 Å². The number of nitrogens with one attached hydrogen (secondary N) is 1. The first-order valence-electron chi connectivity index (χ1n) is 5.13. The molecule has 1 aliphatic carbocycles. The summed E-state index contributed by atoms with van der Waals surface area (Å²) in [6.07, 6.45) is 1.25. The van der Waals surface area contributed by atoms with Crippen molar-refractivity contribution in [2.45, 2.75) is 25.0 Å². The maximum absolute atomic E-state index is 9.17. The highest BCUT2D eigenvalue weighted by Crippen LogP contribution is 2.24. The highest BCUT2D eigenvalue weighted by molar-refractivity contribution is 5.35. The summed E-state index contributed by atoms with van der Waals surface area (Å²) in [4.78, 5) is 8.28. The van der Waals surface area contributed by atoms with Gasteiger partial charge in [-0.25, -0.2) is 0 Å². The van der Waals surface area contributed by atoms with Crippen LogP contribution in [0, 0.1) is 0 Å². The molecule has 0 bridgehead atoms. The van der Waals surface area contributed by atoms with E-state index in [0.29, 0.717) is 17.7 Å². The van der Waals surface area contributed by atoms with Gasteiger partial charge in [0.05, 0.1) is 26.4 Å². The second-order valence-electron chi connectivity index (χ2n) is 3.74. The Bertz CT molecular complexity index is 344. The van der Waals surface area contributed by atoms with E-state index in [2.05, 4.69) is 15.3 Å². The highest BCUT2D eigenvalue weighted by Gasteiger charge is 2.27. The van der Waals surface area contributed by atoms with Crippen molar-refractivity contribution in [3.05, 3.63) is 6.07 Å². The smallest absolute Gasteiger partial charge is 0.229 e. The summed E-state index contributed by atoms with van der Waals surface area (Å²) < 4.78 is 10.1. The van der Waals surface area contributed by atoms with Crippen molar-refractivity contribution >= 4 is 5.95 Å². The lowest BCUT2D eigenvalue weighted by atomic mass is 9.90. The molecule has 1 fully saturated rings. The first-order chi connectivity index (χ1) is 7.71. The lowest BCUT2D eigenvalue weighted by Crippen LogP contribution is -2.39. The Morgan fingerprint density at radius 3 is 2.25 bits per heavy atom. The van der Waals surface area contributed by atoms with Crippen LogP contribution in [0.15, 0.2) is 6.07 Å². The Kier molecular flexibility index (Phi) is 3.09. The Labute approximate surface area is 93.6 Å².